The molecule has 8 heteroatoms. The van der Waals surface area contributed by atoms with Crippen LogP contribution in [0, 0.1) is 17.6 Å². The summed E-state index contributed by atoms with van der Waals surface area (Å²) in [5.74, 6) is -1.89. The second kappa shape index (κ2) is 10.5. The quantitative estimate of drug-likeness (QED) is 0.679. The van der Waals surface area contributed by atoms with Crippen LogP contribution in [0.3, 0.4) is 0 Å². The van der Waals surface area contributed by atoms with Crippen LogP contribution in [-0.4, -0.2) is 59.1 Å². The highest BCUT2D eigenvalue weighted by Gasteiger charge is 2.31. The summed E-state index contributed by atoms with van der Waals surface area (Å²) >= 11 is 0. The van der Waals surface area contributed by atoms with E-state index in [-0.39, 0.29) is 23.6 Å². The molecule has 6 nitrogen and oxygen atoms in total. The maximum Gasteiger partial charge on any atom is 0.326 e. The van der Waals surface area contributed by atoms with Gasteiger partial charge in [-0.1, -0.05) is 44.5 Å². The number of hydrogen-bond acceptors (Lipinski definition) is 3. The number of amides is 2. The predicted octanol–water partition coefficient (Wildman–Crippen LogP) is 3.88. The van der Waals surface area contributed by atoms with E-state index in [9.17, 15) is 23.5 Å². The number of urea groups is 1. The summed E-state index contributed by atoms with van der Waals surface area (Å²) in [5, 5.41) is 12.1. The van der Waals surface area contributed by atoms with Gasteiger partial charge in [-0.25, -0.2) is 18.4 Å². The van der Waals surface area contributed by atoms with Gasteiger partial charge in [-0.2, -0.15) is 0 Å². The van der Waals surface area contributed by atoms with Gasteiger partial charge in [-0.05, 0) is 41.3 Å². The van der Waals surface area contributed by atoms with Crippen LogP contribution >= 0.6 is 0 Å². The first-order valence-electron chi connectivity index (χ1n) is 10.8. The van der Waals surface area contributed by atoms with Gasteiger partial charge in [0.2, 0.25) is 0 Å². The average molecular weight is 446 g/mol. The average Bonchev–Trinajstić information content (AvgIpc) is 2.79. The van der Waals surface area contributed by atoms with Crippen molar-refractivity contribution in [3.8, 4) is 0 Å². The molecular weight excluding hydrogens is 416 g/mol. The summed E-state index contributed by atoms with van der Waals surface area (Å²) in [7, 11) is 0. The first kappa shape index (κ1) is 23.7. The number of carboxylic acid groups (broad SMARTS) is 1. The highest BCUT2D eigenvalue weighted by atomic mass is 19.1. The SMILES string of the molecule is CC[C@@H](C)[C@H](NC(=O)N1CCN(C(c2ccc(F)cc2)c2ccc(F)cc2)CC1)C(=O)O. The fourth-order valence-corrected chi connectivity index (χ4v) is 3.99. The zero-order valence-electron chi connectivity index (χ0n) is 18.3. The molecule has 1 aliphatic rings. The third-order valence-electron chi connectivity index (χ3n) is 6.10. The Morgan fingerprint density at radius 3 is 1.81 bits per heavy atom. The fourth-order valence-electron chi connectivity index (χ4n) is 3.99. The molecule has 0 aliphatic carbocycles. The van der Waals surface area contributed by atoms with Crippen LogP contribution in [0.4, 0.5) is 13.6 Å². The number of carbonyl (C=O) groups excluding carboxylic acids is 1. The minimum atomic E-state index is -1.04. The molecule has 1 fully saturated rings. The standard InChI is InChI=1S/C24H29F2N3O3/c1-3-16(2)21(23(30)31)27-24(32)29-14-12-28(13-15-29)22(17-4-8-19(25)9-5-17)18-6-10-20(26)11-7-18/h4-11,16,21-22H,3,12-15H2,1-2H3,(H,27,32)(H,30,31)/t16-,21+/m1/s1. The number of nitrogens with zero attached hydrogens (tertiary/aromatic N) is 2. The number of carbonyl (C=O) groups is 2. The van der Waals surface area contributed by atoms with Gasteiger partial charge in [-0.3, -0.25) is 4.90 Å². The molecule has 2 aromatic rings. The maximum atomic E-state index is 13.5. The highest BCUT2D eigenvalue weighted by Crippen LogP contribution is 2.30. The molecule has 1 aliphatic heterocycles. The van der Waals surface area contributed by atoms with Crippen molar-refractivity contribution in [2.75, 3.05) is 26.2 Å². The molecule has 0 saturated carbocycles. The summed E-state index contributed by atoms with van der Waals surface area (Å²) in [5.41, 5.74) is 1.75. The first-order valence-corrected chi connectivity index (χ1v) is 10.8. The van der Waals surface area contributed by atoms with Crippen molar-refractivity contribution in [3.05, 3.63) is 71.3 Å². The highest BCUT2D eigenvalue weighted by molar-refractivity contribution is 5.82. The summed E-state index contributed by atoms with van der Waals surface area (Å²) in [6.07, 6.45) is 0.641. The van der Waals surface area contributed by atoms with E-state index in [4.69, 9.17) is 0 Å². The molecule has 2 aromatic carbocycles. The van der Waals surface area contributed by atoms with Crippen LogP contribution in [0.15, 0.2) is 48.5 Å². The lowest BCUT2D eigenvalue weighted by Gasteiger charge is -2.40. The minimum absolute atomic E-state index is 0.181. The van der Waals surface area contributed by atoms with Gasteiger partial charge in [-0.15, -0.1) is 0 Å². The van der Waals surface area contributed by atoms with Crippen LogP contribution in [0.2, 0.25) is 0 Å². The lowest BCUT2D eigenvalue weighted by atomic mass is 9.96. The summed E-state index contributed by atoms with van der Waals surface area (Å²) < 4.78 is 27.0. The van der Waals surface area contributed by atoms with Crippen molar-refractivity contribution in [2.45, 2.75) is 32.4 Å². The Hall–Kier alpha value is -3.00. The fraction of sp³-hybridized carbons (Fsp3) is 0.417. The molecule has 32 heavy (non-hydrogen) atoms. The first-order chi connectivity index (χ1) is 15.3. The van der Waals surface area contributed by atoms with Crippen molar-refractivity contribution in [1.29, 1.82) is 0 Å². The Morgan fingerprint density at radius 1 is 0.938 bits per heavy atom. The normalized spacial score (nSPS) is 16.6. The van der Waals surface area contributed by atoms with Crippen molar-refractivity contribution in [3.63, 3.8) is 0 Å². The number of halogens is 2. The summed E-state index contributed by atoms with van der Waals surface area (Å²) in [6.45, 7) is 5.58. The molecule has 0 aromatic heterocycles. The smallest absolute Gasteiger partial charge is 0.326 e. The van der Waals surface area contributed by atoms with E-state index in [1.54, 1.807) is 36.1 Å². The molecule has 2 N–H and O–H groups in total. The van der Waals surface area contributed by atoms with Gasteiger partial charge < -0.3 is 15.3 Å². The van der Waals surface area contributed by atoms with E-state index in [0.29, 0.717) is 32.6 Å². The number of benzene rings is 2. The zero-order chi connectivity index (χ0) is 23.3. The molecule has 0 unspecified atom stereocenters. The molecule has 2 atom stereocenters. The number of rotatable bonds is 7. The van der Waals surface area contributed by atoms with Gasteiger partial charge in [0.1, 0.15) is 17.7 Å². The molecule has 2 amide bonds. The van der Waals surface area contributed by atoms with Crippen LogP contribution in [-0.2, 0) is 4.79 Å². The van der Waals surface area contributed by atoms with E-state index in [0.717, 1.165) is 11.1 Å². The number of aliphatic carboxylic acids is 1. The maximum absolute atomic E-state index is 13.5. The second-order valence-electron chi connectivity index (χ2n) is 8.18. The monoisotopic (exact) mass is 445 g/mol. The summed E-state index contributed by atoms with van der Waals surface area (Å²) in [6, 6.07) is 10.9. The van der Waals surface area contributed by atoms with E-state index >= 15 is 0 Å². The molecule has 3 rings (SSSR count). The molecule has 0 bridgehead atoms. The third-order valence-corrected chi connectivity index (χ3v) is 6.10. The third kappa shape index (κ3) is 5.62. The molecular formula is C24H29F2N3O3. The lowest BCUT2D eigenvalue weighted by molar-refractivity contribution is -0.140. The molecule has 172 valence electrons. The van der Waals surface area contributed by atoms with Crippen LogP contribution in [0.5, 0.6) is 0 Å². The van der Waals surface area contributed by atoms with Gasteiger partial charge in [0.25, 0.3) is 0 Å². The number of carboxylic acids is 1. The van der Waals surface area contributed by atoms with E-state index < -0.39 is 18.0 Å². The minimum Gasteiger partial charge on any atom is -0.480 e. The van der Waals surface area contributed by atoms with Crippen LogP contribution < -0.4 is 5.32 Å². The van der Waals surface area contributed by atoms with E-state index in [1.807, 2.05) is 6.92 Å². The lowest BCUT2D eigenvalue weighted by Crippen LogP contribution is -2.56. The Bertz CT molecular complexity index is 868. The van der Waals surface area contributed by atoms with Crippen LogP contribution in [0.1, 0.15) is 37.4 Å². The van der Waals surface area contributed by atoms with Gasteiger partial charge in [0.05, 0.1) is 6.04 Å². The Balaban J connectivity index is 1.72. The number of nitrogens with one attached hydrogen (secondary N) is 1. The van der Waals surface area contributed by atoms with Gasteiger partial charge in [0, 0.05) is 26.2 Å². The van der Waals surface area contributed by atoms with Crippen molar-refractivity contribution in [1.82, 2.24) is 15.1 Å². The zero-order valence-corrected chi connectivity index (χ0v) is 18.3. The molecule has 1 heterocycles. The van der Waals surface area contributed by atoms with E-state index in [2.05, 4.69) is 10.2 Å². The van der Waals surface area contributed by atoms with Crippen molar-refractivity contribution < 1.29 is 23.5 Å². The van der Waals surface area contributed by atoms with Gasteiger partial charge in [0.15, 0.2) is 0 Å². The van der Waals surface area contributed by atoms with Crippen molar-refractivity contribution >= 4 is 12.0 Å². The molecule has 0 spiro atoms. The van der Waals surface area contributed by atoms with Crippen molar-refractivity contribution in [2.24, 2.45) is 5.92 Å². The Labute approximate surface area is 186 Å². The molecule has 1 saturated heterocycles. The van der Waals surface area contributed by atoms with Crippen LogP contribution in [0.25, 0.3) is 0 Å². The van der Waals surface area contributed by atoms with Gasteiger partial charge >= 0.3 is 12.0 Å². The predicted molar refractivity (Wildman–Crippen MR) is 117 cm³/mol. The number of piperazine rings is 1. The second-order valence-corrected chi connectivity index (χ2v) is 8.18. The Kier molecular flexibility index (Phi) is 7.80. The van der Waals surface area contributed by atoms with E-state index in [1.165, 1.54) is 24.3 Å². The Morgan fingerprint density at radius 2 is 1.41 bits per heavy atom. The topological polar surface area (TPSA) is 72.9 Å². The largest absolute Gasteiger partial charge is 0.480 e. The number of hydrogen-bond donors (Lipinski definition) is 2. The molecule has 0 radical (unpaired) electrons. The summed E-state index contributed by atoms with van der Waals surface area (Å²) in [4.78, 5) is 28.0.